The normalized spacial score (nSPS) is 15.9. The van der Waals surface area contributed by atoms with Crippen LogP contribution in [0.25, 0.3) is 10.9 Å². The predicted octanol–water partition coefficient (Wildman–Crippen LogP) is 5.22. The van der Waals surface area contributed by atoms with Crippen molar-refractivity contribution in [2.24, 2.45) is 0 Å². The van der Waals surface area contributed by atoms with Gasteiger partial charge in [0.1, 0.15) is 11.2 Å². The number of amides is 1. The molecule has 4 nitrogen and oxygen atoms in total. The Bertz CT molecular complexity index is 1190. The van der Waals surface area contributed by atoms with Crippen LogP contribution >= 0.6 is 11.3 Å². The Labute approximate surface area is 167 Å². The number of fused-ring (bicyclic) bond motifs is 2. The first-order valence-corrected chi connectivity index (χ1v) is 10.2. The Morgan fingerprint density at radius 2 is 1.75 bits per heavy atom. The van der Waals surface area contributed by atoms with Gasteiger partial charge in [-0.05, 0) is 31.0 Å². The van der Waals surface area contributed by atoms with Crippen LogP contribution in [0, 0.1) is 13.8 Å². The van der Waals surface area contributed by atoms with Crippen LogP contribution in [0.1, 0.15) is 38.1 Å². The summed E-state index contributed by atoms with van der Waals surface area (Å²) in [5.74, 6) is 0.000454. The first-order valence-electron chi connectivity index (χ1n) is 9.41. The lowest BCUT2D eigenvalue weighted by molar-refractivity contribution is 0.0936. The summed E-state index contributed by atoms with van der Waals surface area (Å²) in [6.07, 6.45) is 1.92. The van der Waals surface area contributed by atoms with Gasteiger partial charge in [-0.3, -0.25) is 4.79 Å². The van der Waals surface area contributed by atoms with Gasteiger partial charge < -0.3 is 15.2 Å². The number of hydrogen-bond acceptors (Lipinski definition) is 3. The van der Waals surface area contributed by atoms with E-state index in [1.165, 1.54) is 16.0 Å². The van der Waals surface area contributed by atoms with E-state index in [0.29, 0.717) is 0 Å². The van der Waals surface area contributed by atoms with E-state index in [4.69, 9.17) is 0 Å². The highest BCUT2D eigenvalue weighted by molar-refractivity contribution is 7.16. The fourth-order valence-corrected chi connectivity index (χ4v) is 5.03. The third kappa shape index (κ3) is 2.70. The molecule has 5 rings (SSSR count). The first-order chi connectivity index (χ1) is 13.6. The maximum Gasteiger partial charge on any atom is 0.256 e. The molecule has 4 aromatic rings. The second kappa shape index (κ2) is 6.53. The number of hydrogen-bond donors (Lipinski definition) is 2. The van der Waals surface area contributed by atoms with Crippen molar-refractivity contribution in [2.75, 3.05) is 5.32 Å². The van der Waals surface area contributed by atoms with Crippen molar-refractivity contribution in [1.82, 2.24) is 9.88 Å². The fourth-order valence-electron chi connectivity index (χ4n) is 3.94. The molecule has 0 radical (unpaired) electrons. The van der Waals surface area contributed by atoms with Crippen LogP contribution in [0.2, 0.25) is 0 Å². The van der Waals surface area contributed by atoms with Crippen LogP contribution < -0.4 is 10.6 Å². The summed E-state index contributed by atoms with van der Waals surface area (Å²) >= 11 is 1.66. The third-order valence-electron chi connectivity index (χ3n) is 5.49. The van der Waals surface area contributed by atoms with Gasteiger partial charge in [-0.1, -0.05) is 48.5 Å². The van der Waals surface area contributed by atoms with Crippen molar-refractivity contribution in [3.8, 4) is 0 Å². The molecule has 0 fully saturated rings. The number of nitrogens with one attached hydrogen (secondary N) is 2. The lowest BCUT2D eigenvalue weighted by Crippen LogP contribution is -2.38. The summed E-state index contributed by atoms with van der Waals surface area (Å²) in [4.78, 5) is 14.0. The Balaban J connectivity index is 1.57. The van der Waals surface area contributed by atoms with Crippen LogP contribution in [-0.2, 0) is 6.54 Å². The molecule has 1 aliphatic rings. The van der Waals surface area contributed by atoms with Gasteiger partial charge in [-0.2, -0.15) is 0 Å². The standard InChI is InChI=1S/C23H21N3OS/c1-14-15(2)28-23-20(14)22(27)24-21(25-23)18-13-26(12-16-8-4-3-5-9-16)19-11-7-6-10-17(18)19/h3-11,13,21,25H,12H2,1-2H3,(H,24,27)/t21-/m0/s1. The molecule has 0 spiro atoms. The van der Waals surface area contributed by atoms with Gasteiger partial charge in [-0.25, -0.2) is 0 Å². The number of aromatic nitrogens is 1. The van der Waals surface area contributed by atoms with Gasteiger partial charge in [-0.15, -0.1) is 11.3 Å². The van der Waals surface area contributed by atoms with E-state index in [1.807, 2.05) is 19.1 Å². The van der Waals surface area contributed by atoms with E-state index >= 15 is 0 Å². The summed E-state index contributed by atoms with van der Waals surface area (Å²) in [6.45, 7) is 4.87. The summed E-state index contributed by atoms with van der Waals surface area (Å²) in [7, 11) is 0. The van der Waals surface area contributed by atoms with Crippen molar-refractivity contribution in [1.29, 1.82) is 0 Å². The molecular weight excluding hydrogens is 366 g/mol. The van der Waals surface area contributed by atoms with Crippen LogP contribution in [0.5, 0.6) is 0 Å². The largest absolute Gasteiger partial charge is 0.353 e. The van der Waals surface area contributed by atoms with Crippen molar-refractivity contribution in [3.05, 3.63) is 87.9 Å². The Kier molecular flexibility index (Phi) is 3.98. The van der Waals surface area contributed by atoms with E-state index in [0.717, 1.165) is 33.6 Å². The van der Waals surface area contributed by atoms with E-state index in [-0.39, 0.29) is 12.1 Å². The number of benzene rings is 2. The number of anilines is 1. The predicted molar refractivity (Wildman–Crippen MR) is 115 cm³/mol. The number of para-hydroxylation sites is 1. The molecule has 140 valence electrons. The lowest BCUT2D eigenvalue weighted by Gasteiger charge is -2.26. The van der Waals surface area contributed by atoms with Gasteiger partial charge >= 0.3 is 0 Å². The molecule has 0 saturated heterocycles. The molecule has 28 heavy (non-hydrogen) atoms. The topological polar surface area (TPSA) is 46.1 Å². The maximum absolute atomic E-state index is 12.8. The van der Waals surface area contributed by atoms with Crippen molar-refractivity contribution < 1.29 is 4.79 Å². The molecule has 5 heteroatoms. The highest BCUT2D eigenvalue weighted by atomic mass is 32.1. The van der Waals surface area contributed by atoms with Gasteiger partial charge in [0.25, 0.3) is 5.91 Å². The molecule has 0 aliphatic carbocycles. The van der Waals surface area contributed by atoms with Gasteiger partial charge in [0.2, 0.25) is 0 Å². The average Bonchev–Trinajstić information content (AvgIpc) is 3.20. The second-order valence-corrected chi connectivity index (χ2v) is 8.48. The first kappa shape index (κ1) is 17.1. The van der Waals surface area contributed by atoms with E-state index in [1.54, 1.807) is 11.3 Å². The van der Waals surface area contributed by atoms with Crippen LogP contribution in [0.3, 0.4) is 0 Å². The monoisotopic (exact) mass is 387 g/mol. The molecule has 2 aromatic heterocycles. The molecule has 1 atom stereocenters. The van der Waals surface area contributed by atoms with E-state index in [2.05, 4.69) is 70.8 Å². The highest BCUT2D eigenvalue weighted by Gasteiger charge is 2.30. The lowest BCUT2D eigenvalue weighted by atomic mass is 10.1. The molecule has 2 N–H and O–H groups in total. The number of aryl methyl sites for hydroxylation is 1. The molecule has 0 unspecified atom stereocenters. The minimum absolute atomic E-state index is 0.000454. The van der Waals surface area contributed by atoms with Crippen LogP contribution in [0.4, 0.5) is 5.00 Å². The number of carbonyl (C=O) groups is 1. The molecule has 0 saturated carbocycles. The van der Waals surface area contributed by atoms with Gasteiger partial charge in [0.05, 0.1) is 5.56 Å². The molecule has 0 bridgehead atoms. The molecule has 3 heterocycles. The number of thiophene rings is 1. The quantitative estimate of drug-likeness (QED) is 0.506. The average molecular weight is 388 g/mol. The maximum atomic E-state index is 12.8. The zero-order valence-electron chi connectivity index (χ0n) is 15.8. The highest BCUT2D eigenvalue weighted by Crippen LogP contribution is 2.38. The van der Waals surface area contributed by atoms with Gasteiger partial charge in [0.15, 0.2) is 0 Å². The summed E-state index contributed by atoms with van der Waals surface area (Å²) < 4.78 is 2.26. The minimum atomic E-state index is -0.237. The van der Waals surface area contributed by atoms with Crippen molar-refractivity contribution >= 4 is 33.1 Å². The summed E-state index contributed by atoms with van der Waals surface area (Å²) in [6, 6.07) is 18.8. The third-order valence-corrected chi connectivity index (χ3v) is 6.63. The minimum Gasteiger partial charge on any atom is -0.353 e. The second-order valence-electron chi connectivity index (χ2n) is 7.25. The Hall–Kier alpha value is -3.05. The molecular formula is C23H21N3OS. The fraction of sp³-hybridized carbons (Fsp3) is 0.174. The SMILES string of the molecule is Cc1sc2c(c1C)C(=O)N[C@H](c1cn(Cc3ccccc3)c3ccccc13)N2. The van der Waals surface area contributed by atoms with Gasteiger partial charge in [0, 0.05) is 34.1 Å². The number of nitrogens with zero attached hydrogens (tertiary/aromatic N) is 1. The Morgan fingerprint density at radius 1 is 1.00 bits per heavy atom. The smallest absolute Gasteiger partial charge is 0.256 e. The van der Waals surface area contributed by atoms with Crippen molar-refractivity contribution in [3.63, 3.8) is 0 Å². The zero-order chi connectivity index (χ0) is 19.3. The Morgan fingerprint density at radius 3 is 2.57 bits per heavy atom. The molecule has 1 aliphatic heterocycles. The summed E-state index contributed by atoms with van der Waals surface area (Å²) in [5, 5.41) is 8.82. The number of carbonyl (C=O) groups excluding carboxylic acids is 1. The summed E-state index contributed by atoms with van der Waals surface area (Å²) in [5.41, 5.74) is 5.36. The van der Waals surface area contributed by atoms with E-state index < -0.39 is 0 Å². The molecule has 2 aromatic carbocycles. The van der Waals surface area contributed by atoms with Crippen molar-refractivity contribution in [2.45, 2.75) is 26.6 Å². The van der Waals surface area contributed by atoms with E-state index in [9.17, 15) is 4.79 Å². The number of rotatable bonds is 3. The van der Waals surface area contributed by atoms with Crippen LogP contribution in [0.15, 0.2) is 60.8 Å². The van der Waals surface area contributed by atoms with Crippen LogP contribution in [-0.4, -0.2) is 10.5 Å². The molecule has 1 amide bonds. The zero-order valence-corrected chi connectivity index (χ0v) is 16.6.